The Bertz CT molecular complexity index is 334. The fraction of sp³-hybridized carbons (Fsp3) is 0.846. The molecule has 0 spiro atoms. The van der Waals surface area contributed by atoms with Crippen molar-refractivity contribution in [2.75, 3.05) is 25.1 Å². The average Bonchev–Trinajstić information content (AvgIpc) is 2.32. The van der Waals surface area contributed by atoms with E-state index in [0.717, 1.165) is 18.6 Å². The van der Waals surface area contributed by atoms with E-state index in [-0.39, 0.29) is 11.4 Å². The molecule has 1 aliphatic rings. The average molecular weight is 288 g/mol. The molecule has 1 saturated heterocycles. The predicted octanol–water partition coefficient (Wildman–Crippen LogP) is 2.02. The summed E-state index contributed by atoms with van der Waals surface area (Å²) in [6, 6.07) is -1.04. The summed E-state index contributed by atoms with van der Waals surface area (Å²) in [7, 11) is 0. The zero-order chi connectivity index (χ0) is 14.5. The zero-order valence-electron chi connectivity index (χ0n) is 11.9. The van der Waals surface area contributed by atoms with Crippen molar-refractivity contribution in [3.63, 3.8) is 0 Å². The van der Waals surface area contributed by atoms with Crippen LogP contribution >= 0.6 is 11.8 Å². The van der Waals surface area contributed by atoms with Gasteiger partial charge in [0.05, 0.1) is 0 Å². The number of piperidine rings is 1. The van der Waals surface area contributed by atoms with Gasteiger partial charge in [0.15, 0.2) is 0 Å². The fourth-order valence-corrected chi connectivity index (χ4v) is 2.80. The molecule has 0 aliphatic carbocycles. The number of urea groups is 1. The summed E-state index contributed by atoms with van der Waals surface area (Å²) >= 11 is 1.58. The third kappa shape index (κ3) is 5.30. The lowest BCUT2D eigenvalue weighted by Crippen LogP contribution is -2.52. The van der Waals surface area contributed by atoms with Crippen LogP contribution in [0.4, 0.5) is 4.79 Å². The molecule has 0 bridgehead atoms. The van der Waals surface area contributed by atoms with E-state index in [4.69, 9.17) is 5.11 Å². The topological polar surface area (TPSA) is 69.6 Å². The molecule has 0 aromatic carbocycles. The van der Waals surface area contributed by atoms with E-state index in [1.807, 2.05) is 6.26 Å². The lowest BCUT2D eigenvalue weighted by molar-refractivity contribution is -0.139. The van der Waals surface area contributed by atoms with Gasteiger partial charge in [0.1, 0.15) is 6.04 Å². The molecule has 2 amide bonds. The Kier molecular flexibility index (Phi) is 5.97. The summed E-state index contributed by atoms with van der Waals surface area (Å²) in [6.07, 6.45) is 4.46. The van der Waals surface area contributed by atoms with E-state index in [0.29, 0.717) is 19.5 Å². The summed E-state index contributed by atoms with van der Waals surface area (Å²) < 4.78 is 0. The van der Waals surface area contributed by atoms with Crippen LogP contribution in [0.5, 0.6) is 0 Å². The molecule has 19 heavy (non-hydrogen) atoms. The van der Waals surface area contributed by atoms with Crippen LogP contribution in [0.2, 0.25) is 0 Å². The van der Waals surface area contributed by atoms with Crippen LogP contribution in [0.3, 0.4) is 0 Å². The molecule has 0 aromatic rings. The summed E-state index contributed by atoms with van der Waals surface area (Å²) in [4.78, 5) is 25.0. The number of hydrogen-bond donors (Lipinski definition) is 2. The maximum absolute atomic E-state index is 12.1. The first-order chi connectivity index (χ1) is 8.85. The number of nitrogens with one attached hydrogen (secondary N) is 1. The maximum Gasteiger partial charge on any atom is 0.326 e. The largest absolute Gasteiger partial charge is 0.480 e. The Balaban J connectivity index is 2.54. The molecule has 6 heteroatoms. The number of rotatable bonds is 5. The van der Waals surface area contributed by atoms with E-state index in [1.165, 1.54) is 0 Å². The Hall–Kier alpha value is -0.910. The number of thioether (sulfide) groups is 1. The normalized spacial score (nSPS) is 19.8. The van der Waals surface area contributed by atoms with Crippen molar-refractivity contribution in [3.05, 3.63) is 0 Å². The molecule has 1 atom stereocenters. The second kappa shape index (κ2) is 7.03. The first kappa shape index (κ1) is 16.1. The second-order valence-electron chi connectivity index (χ2n) is 5.81. The summed E-state index contributed by atoms with van der Waals surface area (Å²) in [5, 5.41) is 11.7. The SMILES string of the molecule is CSCC[C@@H](NC(=O)N1CCCC(C)(C)C1)C(=O)O. The van der Waals surface area contributed by atoms with Gasteiger partial charge in [-0.05, 0) is 36.7 Å². The van der Waals surface area contributed by atoms with Gasteiger partial charge in [-0.25, -0.2) is 9.59 Å². The number of carbonyl (C=O) groups is 2. The van der Waals surface area contributed by atoms with Crippen molar-refractivity contribution in [2.45, 2.75) is 39.2 Å². The molecule has 1 aliphatic heterocycles. The number of nitrogens with zero attached hydrogens (tertiary/aromatic N) is 1. The van der Waals surface area contributed by atoms with Crippen molar-refractivity contribution < 1.29 is 14.7 Å². The fourth-order valence-electron chi connectivity index (χ4n) is 2.33. The van der Waals surface area contributed by atoms with Gasteiger partial charge >= 0.3 is 12.0 Å². The number of amides is 2. The number of carboxylic acid groups (broad SMARTS) is 1. The zero-order valence-corrected chi connectivity index (χ0v) is 12.8. The van der Waals surface area contributed by atoms with Crippen LogP contribution in [0.15, 0.2) is 0 Å². The minimum absolute atomic E-state index is 0.119. The third-order valence-corrected chi connectivity index (χ3v) is 4.04. The van der Waals surface area contributed by atoms with Crippen LogP contribution in [0.25, 0.3) is 0 Å². The minimum Gasteiger partial charge on any atom is -0.480 e. The maximum atomic E-state index is 12.1. The van der Waals surface area contributed by atoms with E-state index in [9.17, 15) is 9.59 Å². The molecular formula is C13H24N2O3S. The van der Waals surface area contributed by atoms with E-state index in [2.05, 4.69) is 19.2 Å². The van der Waals surface area contributed by atoms with E-state index < -0.39 is 12.0 Å². The van der Waals surface area contributed by atoms with Gasteiger partial charge in [0, 0.05) is 13.1 Å². The highest BCUT2D eigenvalue weighted by Gasteiger charge is 2.30. The van der Waals surface area contributed by atoms with Crippen LogP contribution in [-0.2, 0) is 4.79 Å². The Morgan fingerprint density at radius 1 is 1.47 bits per heavy atom. The highest BCUT2D eigenvalue weighted by Crippen LogP contribution is 2.28. The third-order valence-electron chi connectivity index (χ3n) is 3.39. The first-order valence-electron chi connectivity index (χ1n) is 6.63. The van der Waals surface area contributed by atoms with Crippen molar-refractivity contribution >= 4 is 23.8 Å². The Labute approximate surface area is 119 Å². The minimum atomic E-state index is -0.960. The van der Waals surface area contributed by atoms with Gasteiger partial charge in [0.25, 0.3) is 0 Å². The van der Waals surface area contributed by atoms with Gasteiger partial charge in [-0.1, -0.05) is 13.8 Å². The van der Waals surface area contributed by atoms with Gasteiger partial charge in [0.2, 0.25) is 0 Å². The predicted molar refractivity (Wildman–Crippen MR) is 77.5 cm³/mol. The highest BCUT2D eigenvalue weighted by molar-refractivity contribution is 7.98. The molecule has 0 unspecified atom stereocenters. The summed E-state index contributed by atoms with van der Waals surface area (Å²) in [5.74, 6) is -0.235. The van der Waals surface area contributed by atoms with Crippen molar-refractivity contribution in [1.29, 1.82) is 0 Å². The van der Waals surface area contributed by atoms with E-state index in [1.54, 1.807) is 16.7 Å². The standard InChI is InChI=1S/C13H24N2O3S/c1-13(2)6-4-7-15(9-13)12(18)14-10(11(16)17)5-8-19-3/h10H,4-9H2,1-3H3,(H,14,18)(H,16,17)/t10-/m1/s1. The number of aliphatic carboxylic acids is 1. The van der Waals surface area contributed by atoms with Crippen LogP contribution in [0.1, 0.15) is 33.1 Å². The summed E-state index contributed by atoms with van der Waals surface area (Å²) in [5.41, 5.74) is 0.119. The molecule has 0 saturated carbocycles. The molecule has 0 aromatic heterocycles. The number of hydrogen-bond acceptors (Lipinski definition) is 3. The van der Waals surface area contributed by atoms with Crippen molar-refractivity contribution in [1.82, 2.24) is 10.2 Å². The van der Waals surface area contributed by atoms with Gasteiger partial charge in [-0.2, -0.15) is 11.8 Å². The van der Waals surface area contributed by atoms with Crippen molar-refractivity contribution in [3.8, 4) is 0 Å². The molecule has 1 fully saturated rings. The number of carboxylic acids is 1. The lowest BCUT2D eigenvalue weighted by atomic mass is 9.84. The van der Waals surface area contributed by atoms with Crippen molar-refractivity contribution in [2.24, 2.45) is 5.41 Å². The lowest BCUT2D eigenvalue weighted by Gasteiger charge is -2.38. The molecule has 110 valence electrons. The van der Waals surface area contributed by atoms with Crippen LogP contribution in [-0.4, -0.2) is 53.1 Å². The van der Waals surface area contributed by atoms with Crippen LogP contribution in [0, 0.1) is 5.41 Å². The van der Waals surface area contributed by atoms with Gasteiger partial charge < -0.3 is 15.3 Å². The molecule has 1 rings (SSSR count). The Morgan fingerprint density at radius 2 is 2.16 bits per heavy atom. The Morgan fingerprint density at radius 3 is 2.68 bits per heavy atom. The van der Waals surface area contributed by atoms with Gasteiger partial charge in [-0.15, -0.1) is 0 Å². The quantitative estimate of drug-likeness (QED) is 0.812. The smallest absolute Gasteiger partial charge is 0.326 e. The van der Waals surface area contributed by atoms with E-state index >= 15 is 0 Å². The molecule has 1 heterocycles. The number of carbonyl (C=O) groups excluding carboxylic acids is 1. The monoisotopic (exact) mass is 288 g/mol. The molecular weight excluding hydrogens is 264 g/mol. The molecule has 2 N–H and O–H groups in total. The number of likely N-dealkylation sites (tertiary alicyclic amines) is 1. The van der Waals surface area contributed by atoms with Crippen LogP contribution < -0.4 is 5.32 Å². The second-order valence-corrected chi connectivity index (χ2v) is 6.80. The molecule has 5 nitrogen and oxygen atoms in total. The summed E-state index contributed by atoms with van der Waals surface area (Å²) in [6.45, 7) is 5.67. The van der Waals surface area contributed by atoms with Gasteiger partial charge in [-0.3, -0.25) is 0 Å². The highest BCUT2D eigenvalue weighted by atomic mass is 32.2. The first-order valence-corrected chi connectivity index (χ1v) is 8.02. The molecule has 0 radical (unpaired) electrons.